The molecule has 0 radical (unpaired) electrons. The van der Waals surface area contributed by atoms with Gasteiger partial charge in [0.2, 0.25) is 0 Å². The summed E-state index contributed by atoms with van der Waals surface area (Å²) in [4.78, 5) is 36.0. The Balaban J connectivity index is 1.77. The first kappa shape index (κ1) is 22.7. The predicted octanol–water partition coefficient (Wildman–Crippen LogP) is 3.87. The summed E-state index contributed by atoms with van der Waals surface area (Å²) in [5.74, 6) is -2.63. The Morgan fingerprint density at radius 3 is 2.58 bits per heavy atom. The standard InChI is InChI=1S/C20H21ClN2O7S/c1-29-20(28)23-7-5-12(6-8-23)22-13-4-2-3-11(9-13)17-15(21)16(30-10-14(24)25)18(31-17)19(26)27/h2-4,9,12,22H,5-8,10H2,1H3,(H,24,25)(H,26,27). The van der Waals surface area contributed by atoms with E-state index < -0.39 is 18.5 Å². The summed E-state index contributed by atoms with van der Waals surface area (Å²) in [7, 11) is 1.36. The van der Waals surface area contributed by atoms with Crippen LogP contribution in [0.25, 0.3) is 10.4 Å². The molecule has 0 spiro atoms. The van der Waals surface area contributed by atoms with E-state index in [4.69, 9.17) is 26.2 Å². The van der Waals surface area contributed by atoms with Crippen LogP contribution in [0.1, 0.15) is 22.5 Å². The molecule has 9 nitrogen and oxygen atoms in total. The highest BCUT2D eigenvalue weighted by molar-refractivity contribution is 7.18. The summed E-state index contributed by atoms with van der Waals surface area (Å²) < 4.78 is 9.87. The fourth-order valence-corrected chi connectivity index (χ4v) is 4.71. The smallest absolute Gasteiger partial charge is 0.409 e. The van der Waals surface area contributed by atoms with Crippen molar-refractivity contribution in [2.75, 3.05) is 32.1 Å². The molecule has 1 fully saturated rings. The average molecular weight is 469 g/mol. The summed E-state index contributed by atoms with van der Waals surface area (Å²) >= 11 is 7.28. The first-order valence-electron chi connectivity index (χ1n) is 9.40. The van der Waals surface area contributed by atoms with Crippen molar-refractivity contribution in [3.05, 3.63) is 34.2 Å². The van der Waals surface area contributed by atoms with Gasteiger partial charge in [0.15, 0.2) is 17.2 Å². The number of aliphatic carboxylic acids is 1. The molecule has 0 aliphatic carbocycles. The maximum atomic E-state index is 11.6. The largest absolute Gasteiger partial charge is 0.479 e. The Morgan fingerprint density at radius 2 is 1.97 bits per heavy atom. The van der Waals surface area contributed by atoms with Crippen LogP contribution in [0.2, 0.25) is 5.02 Å². The number of piperidine rings is 1. The third-order valence-electron chi connectivity index (χ3n) is 4.77. The second kappa shape index (κ2) is 9.88. The normalized spacial score (nSPS) is 14.2. The molecule has 1 aromatic heterocycles. The molecule has 0 atom stereocenters. The van der Waals surface area contributed by atoms with Crippen LogP contribution in [0.5, 0.6) is 5.75 Å². The van der Waals surface area contributed by atoms with E-state index in [9.17, 15) is 19.5 Å². The summed E-state index contributed by atoms with van der Waals surface area (Å²) in [6.45, 7) is 0.488. The lowest BCUT2D eigenvalue weighted by Gasteiger charge is -2.31. The topological polar surface area (TPSA) is 125 Å². The van der Waals surface area contributed by atoms with Crippen molar-refractivity contribution in [3.8, 4) is 16.2 Å². The van der Waals surface area contributed by atoms with Gasteiger partial charge < -0.3 is 29.9 Å². The van der Waals surface area contributed by atoms with E-state index in [2.05, 4.69) is 5.32 Å². The molecule has 166 valence electrons. The second-order valence-electron chi connectivity index (χ2n) is 6.85. The van der Waals surface area contributed by atoms with Gasteiger partial charge in [0.05, 0.1) is 12.0 Å². The molecular weight excluding hydrogens is 448 g/mol. The predicted molar refractivity (Wildman–Crippen MR) is 115 cm³/mol. The second-order valence-corrected chi connectivity index (χ2v) is 8.25. The van der Waals surface area contributed by atoms with Gasteiger partial charge in [0, 0.05) is 24.8 Å². The molecule has 2 aromatic rings. The third kappa shape index (κ3) is 5.39. The van der Waals surface area contributed by atoms with E-state index in [1.807, 2.05) is 18.2 Å². The van der Waals surface area contributed by atoms with Crippen LogP contribution < -0.4 is 10.1 Å². The zero-order chi connectivity index (χ0) is 22.5. The number of carboxylic acid groups (broad SMARTS) is 2. The van der Waals surface area contributed by atoms with Crippen molar-refractivity contribution in [1.82, 2.24) is 4.90 Å². The van der Waals surface area contributed by atoms with Gasteiger partial charge >= 0.3 is 18.0 Å². The van der Waals surface area contributed by atoms with Crippen molar-refractivity contribution in [2.24, 2.45) is 0 Å². The van der Waals surface area contributed by atoms with Crippen LogP contribution in [0, 0.1) is 0 Å². The minimum Gasteiger partial charge on any atom is -0.479 e. The number of halogens is 1. The number of carbonyl (C=O) groups is 3. The molecule has 2 heterocycles. The lowest BCUT2D eigenvalue weighted by Crippen LogP contribution is -2.42. The van der Waals surface area contributed by atoms with E-state index in [0.29, 0.717) is 23.5 Å². The highest BCUT2D eigenvalue weighted by Crippen LogP contribution is 2.46. The lowest BCUT2D eigenvalue weighted by atomic mass is 10.0. The summed E-state index contributed by atoms with van der Waals surface area (Å²) in [6.07, 6.45) is 1.19. The maximum absolute atomic E-state index is 11.6. The minimum atomic E-state index is -1.25. The molecule has 11 heteroatoms. The van der Waals surface area contributed by atoms with Gasteiger partial charge in [-0.05, 0) is 30.5 Å². The third-order valence-corrected chi connectivity index (χ3v) is 6.45. The molecule has 1 amide bonds. The molecule has 0 bridgehead atoms. The minimum absolute atomic E-state index is 0.0622. The fourth-order valence-electron chi connectivity index (χ4n) is 3.31. The Kier molecular flexibility index (Phi) is 7.24. The number of ether oxygens (including phenoxy) is 2. The molecule has 3 N–H and O–H groups in total. The average Bonchev–Trinajstić information content (AvgIpc) is 3.09. The number of nitrogens with one attached hydrogen (secondary N) is 1. The number of carboxylic acids is 2. The van der Waals surface area contributed by atoms with Crippen LogP contribution in [-0.4, -0.2) is 66.0 Å². The Labute approximate surface area is 187 Å². The number of benzene rings is 1. The van der Waals surface area contributed by atoms with Gasteiger partial charge in [-0.2, -0.15) is 0 Å². The van der Waals surface area contributed by atoms with Crippen LogP contribution in [0.4, 0.5) is 10.5 Å². The highest BCUT2D eigenvalue weighted by Gasteiger charge is 2.26. The number of anilines is 1. The van der Waals surface area contributed by atoms with Gasteiger partial charge in [0.1, 0.15) is 5.02 Å². The monoisotopic (exact) mass is 468 g/mol. The molecule has 0 unspecified atom stereocenters. The molecule has 31 heavy (non-hydrogen) atoms. The number of methoxy groups -OCH3 is 1. The van der Waals surface area contributed by atoms with E-state index >= 15 is 0 Å². The van der Waals surface area contributed by atoms with Crippen LogP contribution in [-0.2, 0) is 9.53 Å². The number of likely N-dealkylation sites (tertiary alicyclic amines) is 1. The van der Waals surface area contributed by atoms with Crippen molar-refractivity contribution in [3.63, 3.8) is 0 Å². The number of carbonyl (C=O) groups excluding carboxylic acids is 1. The van der Waals surface area contributed by atoms with Gasteiger partial charge in [-0.15, -0.1) is 11.3 Å². The number of rotatable bonds is 7. The number of amides is 1. The van der Waals surface area contributed by atoms with Crippen molar-refractivity contribution < 1.29 is 34.1 Å². The zero-order valence-electron chi connectivity index (χ0n) is 16.6. The van der Waals surface area contributed by atoms with E-state index in [-0.39, 0.29) is 27.8 Å². The fraction of sp³-hybridized carbons (Fsp3) is 0.350. The molecule has 1 aromatic carbocycles. The molecule has 1 aliphatic rings. The molecular formula is C20H21ClN2O7S. The molecule has 1 aliphatic heterocycles. The van der Waals surface area contributed by atoms with Gasteiger partial charge in [0.25, 0.3) is 0 Å². The van der Waals surface area contributed by atoms with Gasteiger partial charge in [-0.1, -0.05) is 23.7 Å². The van der Waals surface area contributed by atoms with Crippen molar-refractivity contribution >= 4 is 46.7 Å². The maximum Gasteiger partial charge on any atom is 0.409 e. The Morgan fingerprint density at radius 1 is 1.26 bits per heavy atom. The number of nitrogens with zero attached hydrogens (tertiary/aromatic N) is 1. The molecule has 0 saturated carbocycles. The van der Waals surface area contributed by atoms with Crippen LogP contribution in [0.3, 0.4) is 0 Å². The summed E-state index contributed by atoms with van der Waals surface area (Å²) in [6, 6.07) is 7.50. The van der Waals surface area contributed by atoms with E-state index in [1.54, 1.807) is 11.0 Å². The highest BCUT2D eigenvalue weighted by atomic mass is 35.5. The Hall–Kier alpha value is -2.98. The quantitative estimate of drug-likeness (QED) is 0.559. The SMILES string of the molecule is COC(=O)N1CCC(Nc2cccc(-c3sc(C(=O)O)c(OCC(=O)O)c3Cl)c2)CC1. The molecule has 1 saturated heterocycles. The summed E-state index contributed by atoms with van der Waals surface area (Å²) in [5, 5.41) is 21.8. The first-order chi connectivity index (χ1) is 14.8. The van der Waals surface area contributed by atoms with Gasteiger partial charge in [-0.25, -0.2) is 14.4 Å². The van der Waals surface area contributed by atoms with Crippen molar-refractivity contribution in [1.29, 1.82) is 0 Å². The number of aromatic carboxylic acids is 1. The van der Waals surface area contributed by atoms with Crippen LogP contribution >= 0.6 is 22.9 Å². The Bertz CT molecular complexity index is 986. The number of hydrogen-bond donors (Lipinski definition) is 3. The van der Waals surface area contributed by atoms with Crippen LogP contribution in [0.15, 0.2) is 24.3 Å². The molecule has 3 rings (SSSR count). The first-order valence-corrected chi connectivity index (χ1v) is 10.6. The summed E-state index contributed by atoms with van der Waals surface area (Å²) in [5.41, 5.74) is 1.50. The number of thiophene rings is 1. The van der Waals surface area contributed by atoms with Crippen molar-refractivity contribution in [2.45, 2.75) is 18.9 Å². The lowest BCUT2D eigenvalue weighted by molar-refractivity contribution is -0.139. The van der Waals surface area contributed by atoms with Gasteiger partial charge in [-0.3, -0.25) is 0 Å². The van der Waals surface area contributed by atoms with E-state index in [1.165, 1.54) is 7.11 Å². The van der Waals surface area contributed by atoms with E-state index in [0.717, 1.165) is 29.9 Å². The number of hydrogen-bond acceptors (Lipinski definition) is 7. The zero-order valence-corrected chi connectivity index (χ0v) is 18.2.